The third-order valence-electron chi connectivity index (χ3n) is 7.09. The van der Waals surface area contributed by atoms with Gasteiger partial charge in [-0.05, 0) is 43.0 Å². The first-order valence-corrected chi connectivity index (χ1v) is 13.8. The number of halogens is 2. The van der Waals surface area contributed by atoms with Gasteiger partial charge in [-0.25, -0.2) is 0 Å². The number of rotatable bonds is 9. The van der Waals surface area contributed by atoms with Crippen molar-refractivity contribution < 1.29 is 9.59 Å². The van der Waals surface area contributed by atoms with Crippen LogP contribution in [0.1, 0.15) is 54.4 Å². The van der Waals surface area contributed by atoms with Crippen LogP contribution in [0.15, 0.2) is 72.8 Å². The Hall–Kier alpha value is -2.82. The molecule has 0 radical (unpaired) electrons. The molecule has 194 valence electrons. The highest BCUT2D eigenvalue weighted by atomic mass is 35.5. The predicted octanol–water partition coefficient (Wildman–Crippen LogP) is 6.93. The summed E-state index contributed by atoms with van der Waals surface area (Å²) in [7, 11) is 0. The molecule has 4 nitrogen and oxygen atoms in total. The van der Waals surface area contributed by atoms with Crippen LogP contribution in [-0.4, -0.2) is 28.8 Å². The Morgan fingerprint density at radius 1 is 0.865 bits per heavy atom. The molecule has 0 bridgehead atoms. The summed E-state index contributed by atoms with van der Waals surface area (Å²) in [6.45, 7) is 2.17. The first-order valence-electron chi connectivity index (χ1n) is 13.0. The van der Waals surface area contributed by atoms with E-state index in [4.69, 9.17) is 23.2 Å². The molecule has 1 aliphatic carbocycles. The van der Waals surface area contributed by atoms with Crippen molar-refractivity contribution in [1.29, 1.82) is 0 Å². The first kappa shape index (κ1) is 27.2. The minimum absolute atomic E-state index is 0.129. The third-order valence-corrected chi connectivity index (χ3v) is 7.80. The zero-order valence-corrected chi connectivity index (χ0v) is 22.8. The normalized spacial score (nSPS) is 14.7. The summed E-state index contributed by atoms with van der Waals surface area (Å²) in [4.78, 5) is 29.4. The lowest BCUT2D eigenvalue weighted by atomic mass is 9.94. The molecule has 0 aliphatic heterocycles. The van der Waals surface area contributed by atoms with Crippen molar-refractivity contribution in [3.63, 3.8) is 0 Å². The quantitative estimate of drug-likeness (QED) is 0.322. The van der Waals surface area contributed by atoms with Gasteiger partial charge in [-0.15, -0.1) is 0 Å². The van der Waals surface area contributed by atoms with Gasteiger partial charge < -0.3 is 10.2 Å². The topological polar surface area (TPSA) is 49.4 Å². The Balaban J connectivity index is 1.68. The second-order valence-electron chi connectivity index (χ2n) is 9.93. The molecule has 0 heterocycles. The van der Waals surface area contributed by atoms with Crippen LogP contribution in [0.3, 0.4) is 0 Å². The molecule has 2 amide bonds. The second kappa shape index (κ2) is 13.1. The van der Waals surface area contributed by atoms with E-state index in [1.54, 1.807) is 23.1 Å². The van der Waals surface area contributed by atoms with Gasteiger partial charge in [0.05, 0.1) is 6.42 Å². The SMILES string of the molecule is Cc1ccc(CC(=O)N(Cc2c(Cl)cccc2Cl)[C@H](Cc2ccccc2)C(=O)NC2CCCCC2)cc1. The van der Waals surface area contributed by atoms with Crippen molar-refractivity contribution in [3.8, 4) is 0 Å². The number of aryl methyl sites for hydroxylation is 1. The Morgan fingerprint density at radius 2 is 1.51 bits per heavy atom. The maximum atomic E-state index is 13.9. The van der Waals surface area contributed by atoms with E-state index in [9.17, 15) is 9.59 Å². The van der Waals surface area contributed by atoms with Crippen LogP contribution < -0.4 is 5.32 Å². The molecule has 0 spiro atoms. The van der Waals surface area contributed by atoms with Gasteiger partial charge in [-0.1, -0.05) is 109 Å². The Labute approximate surface area is 230 Å². The van der Waals surface area contributed by atoms with E-state index >= 15 is 0 Å². The fourth-order valence-electron chi connectivity index (χ4n) is 4.93. The number of amides is 2. The molecule has 0 saturated heterocycles. The average Bonchev–Trinajstić information content (AvgIpc) is 2.90. The minimum Gasteiger partial charge on any atom is -0.352 e. The van der Waals surface area contributed by atoms with Gasteiger partial charge in [-0.3, -0.25) is 9.59 Å². The summed E-state index contributed by atoms with van der Waals surface area (Å²) < 4.78 is 0. The van der Waals surface area contributed by atoms with Crippen LogP contribution in [0.25, 0.3) is 0 Å². The average molecular weight is 538 g/mol. The van der Waals surface area contributed by atoms with Crippen molar-refractivity contribution in [3.05, 3.63) is 105 Å². The largest absolute Gasteiger partial charge is 0.352 e. The van der Waals surface area contributed by atoms with Crippen LogP contribution in [0, 0.1) is 6.92 Å². The summed E-state index contributed by atoms with van der Waals surface area (Å²) in [5.74, 6) is -0.268. The third kappa shape index (κ3) is 7.59. The molecule has 1 saturated carbocycles. The van der Waals surface area contributed by atoms with E-state index in [0.29, 0.717) is 22.0 Å². The molecular weight excluding hydrogens is 503 g/mol. The van der Waals surface area contributed by atoms with Crippen LogP contribution in [-0.2, 0) is 29.0 Å². The summed E-state index contributed by atoms with van der Waals surface area (Å²) in [5.41, 5.74) is 3.66. The van der Waals surface area contributed by atoms with Gasteiger partial charge >= 0.3 is 0 Å². The van der Waals surface area contributed by atoms with Crippen LogP contribution in [0.2, 0.25) is 10.0 Å². The number of nitrogens with zero attached hydrogens (tertiary/aromatic N) is 1. The smallest absolute Gasteiger partial charge is 0.243 e. The van der Waals surface area contributed by atoms with E-state index < -0.39 is 6.04 Å². The summed E-state index contributed by atoms with van der Waals surface area (Å²) >= 11 is 13.1. The van der Waals surface area contributed by atoms with E-state index in [1.165, 1.54) is 6.42 Å². The number of carbonyl (C=O) groups is 2. The second-order valence-corrected chi connectivity index (χ2v) is 10.7. The summed E-state index contributed by atoms with van der Waals surface area (Å²) in [6, 6.07) is 22.5. The van der Waals surface area contributed by atoms with Gasteiger partial charge in [0.25, 0.3) is 0 Å². The van der Waals surface area contributed by atoms with Crippen molar-refractivity contribution in [1.82, 2.24) is 10.2 Å². The molecule has 37 heavy (non-hydrogen) atoms. The highest BCUT2D eigenvalue weighted by Gasteiger charge is 2.32. The summed E-state index contributed by atoms with van der Waals surface area (Å²) in [5, 5.41) is 4.22. The Bertz CT molecular complexity index is 1170. The summed E-state index contributed by atoms with van der Waals surface area (Å²) in [6.07, 6.45) is 5.95. The van der Waals surface area contributed by atoms with Gasteiger partial charge in [0.2, 0.25) is 11.8 Å². The molecule has 3 aromatic carbocycles. The fourth-order valence-corrected chi connectivity index (χ4v) is 5.45. The number of carbonyl (C=O) groups excluding carboxylic acids is 2. The zero-order valence-electron chi connectivity index (χ0n) is 21.3. The van der Waals surface area contributed by atoms with Gasteiger partial charge in [0, 0.05) is 34.6 Å². The van der Waals surface area contributed by atoms with E-state index in [1.807, 2.05) is 61.5 Å². The number of hydrogen-bond acceptors (Lipinski definition) is 2. The van der Waals surface area contributed by atoms with Gasteiger partial charge in [0.1, 0.15) is 6.04 Å². The predicted molar refractivity (Wildman–Crippen MR) is 151 cm³/mol. The maximum absolute atomic E-state index is 13.9. The van der Waals surface area contributed by atoms with Crippen LogP contribution in [0.4, 0.5) is 0 Å². The van der Waals surface area contributed by atoms with Crippen molar-refractivity contribution in [2.45, 2.75) is 70.5 Å². The van der Waals surface area contributed by atoms with E-state index in [0.717, 1.165) is 42.4 Å². The Morgan fingerprint density at radius 3 is 2.16 bits per heavy atom. The van der Waals surface area contributed by atoms with Crippen molar-refractivity contribution in [2.75, 3.05) is 0 Å². The molecule has 4 rings (SSSR count). The molecule has 1 N–H and O–H groups in total. The molecule has 3 aromatic rings. The van der Waals surface area contributed by atoms with E-state index in [2.05, 4.69) is 5.32 Å². The molecule has 1 aliphatic rings. The number of benzene rings is 3. The number of hydrogen-bond donors (Lipinski definition) is 1. The van der Waals surface area contributed by atoms with Crippen LogP contribution >= 0.6 is 23.2 Å². The number of nitrogens with one attached hydrogen (secondary N) is 1. The van der Waals surface area contributed by atoms with Gasteiger partial charge in [0.15, 0.2) is 0 Å². The highest BCUT2D eigenvalue weighted by molar-refractivity contribution is 6.36. The highest BCUT2D eigenvalue weighted by Crippen LogP contribution is 2.28. The molecular formula is C31H34Cl2N2O2. The van der Waals surface area contributed by atoms with Crippen molar-refractivity contribution >= 4 is 35.0 Å². The maximum Gasteiger partial charge on any atom is 0.243 e. The lowest BCUT2D eigenvalue weighted by molar-refractivity contribution is -0.141. The molecule has 1 fully saturated rings. The van der Waals surface area contributed by atoms with Crippen LogP contribution in [0.5, 0.6) is 0 Å². The standard InChI is InChI=1S/C31H34Cl2N2O2/c1-22-15-17-24(18-16-22)20-30(36)35(21-26-27(32)13-8-14-28(26)33)29(19-23-9-4-2-5-10-23)31(37)34-25-11-6-3-7-12-25/h2,4-5,8-10,13-18,25,29H,3,6-7,11-12,19-21H2,1H3,(H,34,37)/t29-/m1/s1. The molecule has 0 aromatic heterocycles. The van der Waals surface area contributed by atoms with E-state index in [-0.39, 0.29) is 30.8 Å². The zero-order chi connectivity index (χ0) is 26.2. The lowest BCUT2D eigenvalue weighted by Gasteiger charge is -2.34. The molecule has 1 atom stereocenters. The van der Waals surface area contributed by atoms with Gasteiger partial charge in [-0.2, -0.15) is 0 Å². The monoisotopic (exact) mass is 536 g/mol. The Kier molecular flexibility index (Phi) is 9.65. The molecule has 0 unspecified atom stereocenters. The van der Waals surface area contributed by atoms with Crippen molar-refractivity contribution in [2.24, 2.45) is 0 Å². The molecule has 6 heteroatoms. The lowest BCUT2D eigenvalue weighted by Crippen LogP contribution is -2.53. The fraction of sp³-hybridized carbons (Fsp3) is 0.355. The first-order chi connectivity index (χ1) is 17.9. The minimum atomic E-state index is -0.699.